The molecule has 5 rings (SSSR count). The second-order valence-corrected chi connectivity index (χ2v) is 9.80. The van der Waals surface area contributed by atoms with Crippen molar-refractivity contribution in [2.45, 2.75) is 20.4 Å². The smallest absolute Gasteiger partial charge is 0.293 e. The van der Waals surface area contributed by atoms with Gasteiger partial charge in [0.25, 0.3) is 17.7 Å². The molecule has 0 unspecified atom stereocenters. The molecule has 0 bridgehead atoms. The van der Waals surface area contributed by atoms with E-state index in [0.717, 1.165) is 4.90 Å². The van der Waals surface area contributed by atoms with Gasteiger partial charge in [0.1, 0.15) is 0 Å². The third-order valence-electron chi connectivity index (χ3n) is 6.64. The van der Waals surface area contributed by atoms with Crippen molar-refractivity contribution in [3.8, 4) is 5.69 Å². The lowest BCUT2D eigenvalue weighted by atomic mass is 10.0. The summed E-state index contributed by atoms with van der Waals surface area (Å²) in [6.45, 7) is 4.23. The Bertz CT molecular complexity index is 1640. The molecule has 0 fully saturated rings. The Labute approximate surface area is 239 Å². The van der Waals surface area contributed by atoms with Crippen molar-refractivity contribution in [3.63, 3.8) is 0 Å². The van der Waals surface area contributed by atoms with Crippen molar-refractivity contribution < 1.29 is 19.2 Å². The molecule has 11 heteroatoms. The van der Waals surface area contributed by atoms with Gasteiger partial charge in [-0.25, -0.2) is 9.67 Å². The molecule has 1 aliphatic rings. The number of benzene rings is 3. The van der Waals surface area contributed by atoms with E-state index in [2.05, 4.69) is 10.1 Å². The Morgan fingerprint density at radius 1 is 0.850 bits per heavy atom. The quantitative estimate of drug-likeness (QED) is 0.214. The average Bonchev–Trinajstić information content (AvgIpc) is 3.48. The Kier molecular flexibility index (Phi) is 7.51. The van der Waals surface area contributed by atoms with Gasteiger partial charge in [-0.15, -0.1) is 5.10 Å². The van der Waals surface area contributed by atoms with Gasteiger partial charge in [0.05, 0.1) is 28.4 Å². The summed E-state index contributed by atoms with van der Waals surface area (Å²) < 4.78 is 1.31. The molecule has 0 saturated heterocycles. The summed E-state index contributed by atoms with van der Waals surface area (Å²) >= 11 is 12.6. The standard InChI is InChI=1S/C29H23Cl2N5O4/c1-3-34(4-2)29(40)26-32-24(16-35-27(38)18-9-5-6-10-19(18)28(35)39)36(33-26)23-14-13-17(30)15-21(23)25(37)20-11-7-8-12-22(20)31/h5-15H,3-4,16H2,1-2H3. The summed E-state index contributed by atoms with van der Waals surface area (Å²) in [5, 5.41) is 5.01. The van der Waals surface area contributed by atoms with Crippen LogP contribution in [0.5, 0.6) is 0 Å². The first-order valence-corrected chi connectivity index (χ1v) is 13.3. The van der Waals surface area contributed by atoms with Gasteiger partial charge in [-0.3, -0.25) is 24.1 Å². The molecule has 4 aromatic rings. The SMILES string of the molecule is CCN(CC)C(=O)c1nc(CN2C(=O)c3ccccc3C2=O)n(-c2ccc(Cl)cc2C(=O)c2ccccc2Cl)n1. The van der Waals surface area contributed by atoms with E-state index in [0.29, 0.717) is 18.1 Å². The molecular formula is C29H23Cl2N5O4. The lowest BCUT2D eigenvalue weighted by molar-refractivity contribution is 0.0636. The van der Waals surface area contributed by atoms with Crippen molar-refractivity contribution in [1.29, 1.82) is 0 Å². The fourth-order valence-electron chi connectivity index (χ4n) is 4.57. The first kappa shape index (κ1) is 27.2. The Hall–Kier alpha value is -4.34. The van der Waals surface area contributed by atoms with Gasteiger partial charge >= 0.3 is 0 Å². The highest BCUT2D eigenvalue weighted by molar-refractivity contribution is 6.35. The maximum atomic E-state index is 13.7. The number of carbonyl (C=O) groups is 4. The largest absolute Gasteiger partial charge is 0.336 e. The molecule has 1 aromatic heterocycles. The van der Waals surface area contributed by atoms with E-state index in [-0.39, 0.29) is 51.2 Å². The van der Waals surface area contributed by atoms with E-state index in [1.54, 1.807) is 65.6 Å². The maximum Gasteiger partial charge on any atom is 0.293 e. The summed E-state index contributed by atoms with van der Waals surface area (Å²) in [6.07, 6.45) is 0. The number of hydrogen-bond acceptors (Lipinski definition) is 6. The summed E-state index contributed by atoms with van der Waals surface area (Å²) in [7, 11) is 0. The van der Waals surface area contributed by atoms with Crippen molar-refractivity contribution in [2.24, 2.45) is 0 Å². The fraction of sp³-hybridized carbons (Fsp3) is 0.172. The minimum Gasteiger partial charge on any atom is -0.336 e. The average molecular weight is 576 g/mol. The van der Waals surface area contributed by atoms with Crippen molar-refractivity contribution in [3.05, 3.63) is 111 Å². The predicted octanol–water partition coefficient (Wildman–Crippen LogP) is 5.08. The normalized spacial score (nSPS) is 12.6. The second-order valence-electron chi connectivity index (χ2n) is 8.95. The number of nitrogens with zero attached hydrogens (tertiary/aromatic N) is 5. The summed E-state index contributed by atoms with van der Waals surface area (Å²) in [5.74, 6) is -1.87. The van der Waals surface area contributed by atoms with Gasteiger partial charge < -0.3 is 4.90 Å². The predicted molar refractivity (Wildman–Crippen MR) is 149 cm³/mol. The number of imide groups is 1. The van der Waals surface area contributed by atoms with Crippen molar-refractivity contribution >= 4 is 46.7 Å². The molecule has 40 heavy (non-hydrogen) atoms. The summed E-state index contributed by atoms with van der Waals surface area (Å²) in [5.41, 5.74) is 1.20. The van der Waals surface area contributed by atoms with Crippen LogP contribution in [0.15, 0.2) is 66.7 Å². The first-order valence-electron chi connectivity index (χ1n) is 12.5. The van der Waals surface area contributed by atoms with E-state index in [4.69, 9.17) is 23.2 Å². The molecule has 1 aliphatic heterocycles. The van der Waals surface area contributed by atoms with Gasteiger partial charge in [-0.2, -0.15) is 0 Å². The van der Waals surface area contributed by atoms with E-state index >= 15 is 0 Å². The number of carbonyl (C=O) groups excluding carboxylic acids is 4. The van der Waals surface area contributed by atoms with Crippen LogP contribution in [0, 0.1) is 0 Å². The van der Waals surface area contributed by atoms with E-state index in [1.807, 2.05) is 13.8 Å². The van der Waals surface area contributed by atoms with Crippen LogP contribution < -0.4 is 0 Å². The zero-order chi connectivity index (χ0) is 28.6. The number of halogens is 2. The van der Waals surface area contributed by atoms with Crippen LogP contribution in [0.1, 0.15) is 66.9 Å². The Balaban J connectivity index is 1.65. The monoisotopic (exact) mass is 575 g/mol. The van der Waals surface area contributed by atoms with Crippen LogP contribution in [-0.4, -0.2) is 61.2 Å². The zero-order valence-electron chi connectivity index (χ0n) is 21.6. The highest BCUT2D eigenvalue weighted by atomic mass is 35.5. The minimum atomic E-state index is -0.491. The number of rotatable bonds is 8. The number of aromatic nitrogens is 3. The fourth-order valence-corrected chi connectivity index (χ4v) is 4.97. The molecule has 202 valence electrons. The molecular weight excluding hydrogens is 553 g/mol. The molecule has 3 amide bonds. The molecule has 0 radical (unpaired) electrons. The molecule has 0 spiro atoms. The minimum absolute atomic E-state index is 0.112. The number of amides is 3. The highest BCUT2D eigenvalue weighted by Gasteiger charge is 2.37. The third kappa shape index (κ3) is 4.78. The van der Waals surface area contributed by atoms with Crippen LogP contribution in [0.3, 0.4) is 0 Å². The van der Waals surface area contributed by atoms with Crippen LogP contribution in [0.25, 0.3) is 5.69 Å². The van der Waals surface area contributed by atoms with E-state index < -0.39 is 23.5 Å². The zero-order valence-corrected chi connectivity index (χ0v) is 23.1. The third-order valence-corrected chi connectivity index (χ3v) is 7.21. The van der Waals surface area contributed by atoms with Gasteiger partial charge in [0.2, 0.25) is 5.82 Å². The lowest BCUT2D eigenvalue weighted by Gasteiger charge is -2.16. The van der Waals surface area contributed by atoms with Crippen molar-refractivity contribution in [1.82, 2.24) is 24.6 Å². The summed E-state index contributed by atoms with van der Waals surface area (Å²) in [6, 6.07) is 17.7. The van der Waals surface area contributed by atoms with Gasteiger partial charge in [0, 0.05) is 29.2 Å². The van der Waals surface area contributed by atoms with E-state index in [1.165, 1.54) is 10.7 Å². The van der Waals surface area contributed by atoms with Crippen molar-refractivity contribution in [2.75, 3.05) is 13.1 Å². The van der Waals surface area contributed by atoms with Crippen LogP contribution in [0.2, 0.25) is 10.0 Å². The number of ketones is 1. The topological polar surface area (TPSA) is 105 Å². The Morgan fingerprint density at radius 2 is 1.48 bits per heavy atom. The first-order chi connectivity index (χ1) is 19.2. The molecule has 0 aliphatic carbocycles. The molecule has 2 heterocycles. The maximum absolute atomic E-state index is 13.7. The summed E-state index contributed by atoms with van der Waals surface area (Å²) in [4.78, 5) is 60.2. The van der Waals surface area contributed by atoms with Gasteiger partial charge in [-0.05, 0) is 56.3 Å². The van der Waals surface area contributed by atoms with Crippen LogP contribution >= 0.6 is 23.2 Å². The highest BCUT2D eigenvalue weighted by Crippen LogP contribution is 2.28. The molecule has 9 nitrogen and oxygen atoms in total. The Morgan fingerprint density at radius 3 is 2.10 bits per heavy atom. The molecule has 0 saturated carbocycles. The van der Waals surface area contributed by atoms with Crippen LogP contribution in [-0.2, 0) is 6.54 Å². The van der Waals surface area contributed by atoms with Crippen LogP contribution in [0.4, 0.5) is 0 Å². The number of fused-ring (bicyclic) bond motifs is 1. The van der Waals surface area contributed by atoms with Gasteiger partial charge in [0.15, 0.2) is 11.6 Å². The molecule has 0 atom stereocenters. The molecule has 3 aromatic carbocycles. The lowest BCUT2D eigenvalue weighted by Crippen LogP contribution is -2.31. The number of hydrogen-bond donors (Lipinski definition) is 0. The van der Waals surface area contributed by atoms with E-state index in [9.17, 15) is 19.2 Å². The second kappa shape index (κ2) is 11.0. The van der Waals surface area contributed by atoms with Gasteiger partial charge in [-0.1, -0.05) is 47.5 Å². The molecule has 0 N–H and O–H groups in total.